The number of ether oxygens (including phenoxy) is 2. The van der Waals surface area contributed by atoms with E-state index in [1.807, 2.05) is 0 Å². The van der Waals surface area contributed by atoms with Gasteiger partial charge in [0.05, 0.1) is 0 Å². The predicted octanol–water partition coefficient (Wildman–Crippen LogP) is 2.57. The van der Waals surface area contributed by atoms with Gasteiger partial charge < -0.3 is 15.2 Å². The van der Waals surface area contributed by atoms with Gasteiger partial charge in [0.2, 0.25) is 0 Å². The van der Waals surface area contributed by atoms with Gasteiger partial charge in [-0.1, -0.05) is 0 Å². The van der Waals surface area contributed by atoms with Crippen LogP contribution in [0.4, 0.5) is 17.6 Å². The fraction of sp³-hybridized carbons (Fsp3) is 0.455. The predicted molar refractivity (Wildman–Crippen MR) is 57.3 cm³/mol. The Hall–Kier alpha value is -1.50. The maximum absolute atomic E-state index is 12.8. The van der Waals surface area contributed by atoms with E-state index in [2.05, 4.69) is 4.74 Å². The molecular formula is C11H13F4NO2. The Morgan fingerprint density at radius 2 is 1.83 bits per heavy atom. The Morgan fingerprint density at radius 3 is 2.39 bits per heavy atom. The van der Waals surface area contributed by atoms with Crippen molar-refractivity contribution in [2.45, 2.75) is 19.5 Å². The molecule has 1 aromatic carbocycles. The van der Waals surface area contributed by atoms with Crippen LogP contribution >= 0.6 is 0 Å². The van der Waals surface area contributed by atoms with Crippen LogP contribution in [0.1, 0.15) is 5.56 Å². The van der Waals surface area contributed by atoms with Crippen LogP contribution in [0.5, 0.6) is 11.5 Å². The Balaban J connectivity index is 2.74. The summed E-state index contributed by atoms with van der Waals surface area (Å²) < 4.78 is 57.7. The standard InChI is InChI=1S/C11H13F4NO2/c1-7-2-9(17-6-8(12)5-16)4-10(3-7)18-11(13,14)15/h2-4,8H,5-6,16H2,1H3/t8-/m1/s1. The third kappa shape index (κ3) is 5.22. The number of alkyl halides is 4. The van der Waals surface area contributed by atoms with E-state index in [9.17, 15) is 17.6 Å². The van der Waals surface area contributed by atoms with Gasteiger partial charge in [-0.2, -0.15) is 0 Å². The highest BCUT2D eigenvalue weighted by molar-refractivity contribution is 5.37. The molecule has 0 spiro atoms. The highest BCUT2D eigenvalue weighted by atomic mass is 19.4. The second-order valence-corrected chi connectivity index (χ2v) is 3.67. The summed E-state index contributed by atoms with van der Waals surface area (Å²) in [4.78, 5) is 0. The summed E-state index contributed by atoms with van der Waals surface area (Å²) in [5, 5.41) is 0. The zero-order valence-electron chi connectivity index (χ0n) is 9.63. The van der Waals surface area contributed by atoms with Crippen molar-refractivity contribution in [2.24, 2.45) is 5.73 Å². The summed E-state index contributed by atoms with van der Waals surface area (Å²) in [5.41, 5.74) is 5.56. The number of hydrogen-bond donors (Lipinski definition) is 1. The van der Waals surface area contributed by atoms with Gasteiger partial charge in [-0.15, -0.1) is 13.2 Å². The average Bonchev–Trinajstić information content (AvgIpc) is 2.22. The number of benzene rings is 1. The third-order valence-electron chi connectivity index (χ3n) is 1.94. The first-order chi connectivity index (χ1) is 8.30. The SMILES string of the molecule is Cc1cc(OC[C@H](F)CN)cc(OC(F)(F)F)c1. The molecule has 0 aromatic heterocycles. The summed E-state index contributed by atoms with van der Waals surface area (Å²) in [6.45, 7) is 1.05. The van der Waals surface area contributed by atoms with Crippen LogP contribution in [0.3, 0.4) is 0 Å². The quantitative estimate of drug-likeness (QED) is 0.834. The lowest BCUT2D eigenvalue weighted by Crippen LogP contribution is -2.22. The van der Waals surface area contributed by atoms with Crippen molar-refractivity contribution in [3.8, 4) is 11.5 Å². The summed E-state index contributed by atoms with van der Waals surface area (Å²) in [7, 11) is 0. The van der Waals surface area contributed by atoms with E-state index in [0.717, 1.165) is 6.07 Å². The highest BCUT2D eigenvalue weighted by Gasteiger charge is 2.31. The maximum atomic E-state index is 12.8. The molecule has 3 nitrogen and oxygen atoms in total. The highest BCUT2D eigenvalue weighted by Crippen LogP contribution is 2.28. The van der Waals surface area contributed by atoms with Crippen molar-refractivity contribution in [1.29, 1.82) is 0 Å². The molecule has 18 heavy (non-hydrogen) atoms. The van der Waals surface area contributed by atoms with Gasteiger partial charge in [-0.05, 0) is 24.6 Å². The zero-order chi connectivity index (χ0) is 13.8. The molecule has 0 amide bonds. The molecule has 1 atom stereocenters. The second kappa shape index (κ2) is 5.90. The number of nitrogens with two attached hydrogens (primary N) is 1. The molecule has 0 fully saturated rings. The summed E-state index contributed by atoms with van der Waals surface area (Å²) >= 11 is 0. The van der Waals surface area contributed by atoms with Gasteiger partial charge in [0.25, 0.3) is 0 Å². The van der Waals surface area contributed by atoms with E-state index in [-0.39, 0.29) is 18.9 Å². The minimum atomic E-state index is -4.77. The van der Waals surface area contributed by atoms with Gasteiger partial charge in [-0.25, -0.2) is 4.39 Å². The minimum absolute atomic E-state index is 0.102. The summed E-state index contributed by atoms with van der Waals surface area (Å²) in [6, 6.07) is 3.73. The van der Waals surface area contributed by atoms with E-state index in [1.54, 1.807) is 6.92 Å². The second-order valence-electron chi connectivity index (χ2n) is 3.67. The minimum Gasteiger partial charge on any atom is -0.490 e. The Labute approximate surface area is 101 Å². The third-order valence-corrected chi connectivity index (χ3v) is 1.94. The van der Waals surface area contributed by atoms with E-state index < -0.39 is 18.3 Å². The Kier molecular flexibility index (Phi) is 4.77. The molecule has 1 rings (SSSR count). The van der Waals surface area contributed by atoms with E-state index in [0.29, 0.717) is 5.56 Å². The largest absolute Gasteiger partial charge is 0.573 e. The van der Waals surface area contributed by atoms with Gasteiger partial charge in [-0.3, -0.25) is 0 Å². The molecule has 0 saturated carbocycles. The summed E-state index contributed by atoms with van der Waals surface area (Å²) in [5.74, 6) is -0.300. The first-order valence-electron chi connectivity index (χ1n) is 5.14. The van der Waals surface area contributed by atoms with Crippen molar-refractivity contribution in [1.82, 2.24) is 0 Å². The molecule has 2 N–H and O–H groups in total. The van der Waals surface area contributed by atoms with Crippen molar-refractivity contribution in [2.75, 3.05) is 13.2 Å². The lowest BCUT2D eigenvalue weighted by atomic mass is 10.2. The molecule has 0 unspecified atom stereocenters. The molecule has 1 aromatic rings. The molecule has 0 aliphatic rings. The van der Waals surface area contributed by atoms with E-state index in [4.69, 9.17) is 10.5 Å². The van der Waals surface area contributed by atoms with Gasteiger partial charge in [0.15, 0.2) is 0 Å². The fourth-order valence-electron chi connectivity index (χ4n) is 1.24. The van der Waals surface area contributed by atoms with Gasteiger partial charge in [0, 0.05) is 12.6 Å². The smallest absolute Gasteiger partial charge is 0.490 e. The van der Waals surface area contributed by atoms with Crippen LogP contribution in [0.2, 0.25) is 0 Å². The number of hydrogen-bond acceptors (Lipinski definition) is 3. The first-order valence-corrected chi connectivity index (χ1v) is 5.14. The van der Waals surface area contributed by atoms with Crippen molar-refractivity contribution in [3.63, 3.8) is 0 Å². The molecule has 102 valence electrons. The van der Waals surface area contributed by atoms with Crippen molar-refractivity contribution >= 4 is 0 Å². The number of halogens is 4. The van der Waals surface area contributed by atoms with Crippen molar-refractivity contribution in [3.05, 3.63) is 23.8 Å². The van der Waals surface area contributed by atoms with Crippen LogP contribution in [-0.4, -0.2) is 25.7 Å². The van der Waals surface area contributed by atoms with Gasteiger partial charge in [0.1, 0.15) is 24.3 Å². The topological polar surface area (TPSA) is 44.5 Å². The zero-order valence-corrected chi connectivity index (χ0v) is 9.63. The summed E-state index contributed by atoms with van der Waals surface area (Å²) in [6.07, 6.45) is -6.14. The molecular weight excluding hydrogens is 254 g/mol. The Bertz CT molecular complexity index is 395. The lowest BCUT2D eigenvalue weighted by Gasteiger charge is -2.13. The fourth-order valence-corrected chi connectivity index (χ4v) is 1.24. The van der Waals surface area contributed by atoms with E-state index >= 15 is 0 Å². The van der Waals surface area contributed by atoms with E-state index in [1.165, 1.54) is 12.1 Å². The van der Waals surface area contributed by atoms with Crippen LogP contribution in [-0.2, 0) is 0 Å². The van der Waals surface area contributed by atoms with Crippen LogP contribution < -0.4 is 15.2 Å². The number of aryl methyl sites for hydroxylation is 1. The first kappa shape index (κ1) is 14.6. The monoisotopic (exact) mass is 267 g/mol. The molecule has 0 radical (unpaired) electrons. The molecule has 0 bridgehead atoms. The van der Waals surface area contributed by atoms with Crippen LogP contribution in [0, 0.1) is 6.92 Å². The molecule has 0 aliphatic heterocycles. The normalized spacial score (nSPS) is 13.2. The average molecular weight is 267 g/mol. The Morgan fingerprint density at radius 1 is 1.22 bits per heavy atom. The van der Waals surface area contributed by atoms with Crippen molar-refractivity contribution < 1.29 is 27.0 Å². The molecule has 0 saturated heterocycles. The molecule has 0 heterocycles. The van der Waals surface area contributed by atoms with Gasteiger partial charge >= 0.3 is 6.36 Å². The van der Waals surface area contributed by atoms with Crippen LogP contribution in [0.15, 0.2) is 18.2 Å². The molecule has 7 heteroatoms. The number of rotatable bonds is 5. The maximum Gasteiger partial charge on any atom is 0.573 e. The molecule has 0 aliphatic carbocycles. The van der Waals surface area contributed by atoms with Crippen LogP contribution in [0.25, 0.3) is 0 Å². The lowest BCUT2D eigenvalue weighted by molar-refractivity contribution is -0.274.